The maximum Gasteiger partial charge on any atom is 0.241 e. The smallest absolute Gasteiger partial charge is 0.241 e. The van der Waals surface area contributed by atoms with Crippen LogP contribution in [0.3, 0.4) is 0 Å². The lowest BCUT2D eigenvalue weighted by atomic mass is 9.73. The monoisotopic (exact) mass is 557 g/mol. The zero-order chi connectivity index (χ0) is 28.2. The van der Waals surface area contributed by atoms with E-state index in [-0.39, 0.29) is 30.5 Å². The van der Waals surface area contributed by atoms with E-state index in [1.54, 1.807) is 44.4 Å². The average Bonchev–Trinajstić information content (AvgIpc) is 2.93. The van der Waals surface area contributed by atoms with Crippen LogP contribution < -0.4 is 5.32 Å². The number of nitrogens with zero attached hydrogens (tertiary/aromatic N) is 2. The van der Waals surface area contributed by atoms with E-state index in [0.29, 0.717) is 50.0 Å². The van der Waals surface area contributed by atoms with Crippen molar-refractivity contribution >= 4 is 21.8 Å². The first kappa shape index (κ1) is 28.9. The number of amides is 2. The average molecular weight is 558 g/mol. The van der Waals surface area contributed by atoms with Crippen molar-refractivity contribution in [3.05, 3.63) is 83.7 Å². The summed E-state index contributed by atoms with van der Waals surface area (Å²) >= 11 is 0. The molecule has 0 spiro atoms. The molecule has 2 atom stereocenters. The summed E-state index contributed by atoms with van der Waals surface area (Å²) in [7, 11) is -0.582. The Morgan fingerprint density at radius 1 is 1.15 bits per heavy atom. The Kier molecular flexibility index (Phi) is 8.88. The second-order valence-corrected chi connectivity index (χ2v) is 12.4. The number of hydrogen-bond donors (Lipinski definition) is 1. The van der Waals surface area contributed by atoms with Crippen LogP contribution in [0.5, 0.6) is 0 Å². The lowest BCUT2D eigenvalue weighted by Gasteiger charge is -2.38. The molecule has 8 nitrogen and oxygen atoms in total. The van der Waals surface area contributed by atoms with E-state index in [0.717, 1.165) is 0 Å². The van der Waals surface area contributed by atoms with E-state index in [1.807, 2.05) is 18.2 Å². The van der Waals surface area contributed by atoms with Crippen LogP contribution in [0.4, 0.5) is 4.39 Å². The number of sulfonamides is 1. The van der Waals surface area contributed by atoms with Crippen LogP contribution >= 0.6 is 0 Å². The summed E-state index contributed by atoms with van der Waals surface area (Å²) in [6.45, 7) is 4.17. The van der Waals surface area contributed by atoms with Crippen molar-refractivity contribution in [3.63, 3.8) is 0 Å². The third-order valence-corrected chi connectivity index (χ3v) is 10.1. The summed E-state index contributed by atoms with van der Waals surface area (Å²) in [6, 6.07) is 13.2. The molecule has 1 N–H and O–H groups in total. The Bertz CT molecular complexity index is 1310. The van der Waals surface area contributed by atoms with E-state index < -0.39 is 32.5 Å². The van der Waals surface area contributed by atoms with E-state index in [9.17, 15) is 18.0 Å². The molecule has 39 heavy (non-hydrogen) atoms. The number of nitrogens with one attached hydrogen (secondary N) is 1. The van der Waals surface area contributed by atoms with E-state index in [2.05, 4.69) is 11.9 Å². The van der Waals surface area contributed by atoms with E-state index in [4.69, 9.17) is 4.74 Å². The minimum absolute atomic E-state index is 0.145. The van der Waals surface area contributed by atoms with Gasteiger partial charge in [-0.2, -0.15) is 4.31 Å². The van der Waals surface area contributed by atoms with Gasteiger partial charge in [-0.1, -0.05) is 48.5 Å². The second kappa shape index (κ2) is 12.0. The number of ether oxygens (including phenoxy) is 1. The van der Waals surface area contributed by atoms with Gasteiger partial charge in [0.25, 0.3) is 0 Å². The van der Waals surface area contributed by atoms with Gasteiger partial charge >= 0.3 is 0 Å². The van der Waals surface area contributed by atoms with Gasteiger partial charge in [0.2, 0.25) is 21.8 Å². The van der Waals surface area contributed by atoms with Crippen molar-refractivity contribution in [1.29, 1.82) is 0 Å². The largest absolute Gasteiger partial charge is 0.381 e. The van der Waals surface area contributed by atoms with Gasteiger partial charge in [0, 0.05) is 45.5 Å². The lowest BCUT2D eigenvalue weighted by molar-refractivity contribution is -0.135. The molecule has 10 heteroatoms. The Hall–Kier alpha value is -3.08. The fourth-order valence-electron chi connectivity index (χ4n) is 5.41. The molecular weight excluding hydrogens is 521 g/mol. The second-order valence-electron chi connectivity index (χ2n) is 10.3. The van der Waals surface area contributed by atoms with E-state index >= 15 is 4.39 Å². The Morgan fingerprint density at radius 3 is 2.46 bits per heavy atom. The zero-order valence-electron chi connectivity index (χ0n) is 22.4. The molecule has 2 fully saturated rings. The quantitative estimate of drug-likeness (QED) is 0.503. The molecular formula is C29H36FN3O5S. The summed E-state index contributed by atoms with van der Waals surface area (Å²) in [6.07, 6.45) is 3.31. The van der Waals surface area contributed by atoms with Crippen LogP contribution in [0, 0.1) is 5.82 Å². The molecule has 2 amide bonds. The van der Waals surface area contributed by atoms with Gasteiger partial charge in [0.05, 0.1) is 12.0 Å². The van der Waals surface area contributed by atoms with Crippen molar-refractivity contribution in [2.24, 2.45) is 0 Å². The molecule has 2 aliphatic heterocycles. The zero-order valence-corrected chi connectivity index (χ0v) is 23.3. The molecule has 0 aliphatic carbocycles. The van der Waals surface area contributed by atoms with Gasteiger partial charge in [0.15, 0.2) is 0 Å². The molecule has 2 saturated heterocycles. The number of likely N-dealkylation sites (N-methyl/N-ethyl adjacent to an activating group) is 1. The first-order valence-corrected chi connectivity index (χ1v) is 14.6. The Labute approximate surface area is 229 Å². The summed E-state index contributed by atoms with van der Waals surface area (Å²) in [5, 5.41) is 2.00. The summed E-state index contributed by atoms with van der Waals surface area (Å²) < 4.78 is 49.8. The third kappa shape index (κ3) is 5.92. The molecule has 2 heterocycles. The minimum Gasteiger partial charge on any atom is -0.381 e. The molecule has 0 radical (unpaired) electrons. The maximum absolute atomic E-state index is 15.6. The molecule has 2 aromatic carbocycles. The predicted octanol–water partition coefficient (Wildman–Crippen LogP) is 3.30. The highest BCUT2D eigenvalue weighted by Gasteiger charge is 2.43. The number of rotatable bonds is 8. The van der Waals surface area contributed by atoms with Gasteiger partial charge in [-0.25, -0.2) is 12.8 Å². The number of carbonyl (C=O) groups is 2. The molecule has 4 rings (SSSR count). The van der Waals surface area contributed by atoms with Gasteiger partial charge < -0.3 is 15.0 Å². The summed E-state index contributed by atoms with van der Waals surface area (Å²) in [4.78, 5) is 26.8. The molecule has 210 valence electrons. The minimum atomic E-state index is -3.79. The van der Waals surface area contributed by atoms with Crippen molar-refractivity contribution < 1.29 is 27.1 Å². The fraction of sp³-hybridized carbons (Fsp3) is 0.448. The van der Waals surface area contributed by atoms with Crippen molar-refractivity contribution in [1.82, 2.24) is 14.5 Å². The lowest BCUT2D eigenvalue weighted by Crippen LogP contribution is -2.50. The normalized spacial score (nSPS) is 22.5. The molecule has 0 unspecified atom stereocenters. The van der Waals surface area contributed by atoms with Crippen molar-refractivity contribution in [3.8, 4) is 0 Å². The molecule has 0 aromatic heterocycles. The van der Waals surface area contributed by atoms with Gasteiger partial charge in [0.1, 0.15) is 11.1 Å². The van der Waals surface area contributed by atoms with Gasteiger partial charge in [-0.05, 0) is 42.9 Å². The van der Waals surface area contributed by atoms with Crippen LogP contribution in [0.1, 0.15) is 47.6 Å². The number of hydrogen-bond acceptors (Lipinski definition) is 5. The van der Waals surface area contributed by atoms with Crippen LogP contribution in [-0.4, -0.2) is 69.3 Å². The summed E-state index contributed by atoms with van der Waals surface area (Å²) in [5.41, 5.74) is 0.351. The van der Waals surface area contributed by atoms with E-state index in [1.165, 1.54) is 15.3 Å². The van der Waals surface area contributed by atoms with Crippen molar-refractivity contribution in [2.75, 3.05) is 33.9 Å². The number of halogens is 1. The molecule has 0 bridgehead atoms. The topological polar surface area (TPSA) is 96.0 Å². The van der Waals surface area contributed by atoms with Gasteiger partial charge in [-0.3, -0.25) is 9.59 Å². The Morgan fingerprint density at radius 2 is 1.85 bits per heavy atom. The van der Waals surface area contributed by atoms with Gasteiger partial charge in [-0.15, -0.1) is 6.58 Å². The first-order valence-electron chi connectivity index (χ1n) is 13.1. The first-order chi connectivity index (χ1) is 18.6. The highest BCUT2D eigenvalue weighted by Crippen LogP contribution is 2.40. The van der Waals surface area contributed by atoms with Crippen molar-refractivity contribution in [2.45, 2.75) is 48.9 Å². The van der Waals surface area contributed by atoms with Crippen LogP contribution in [-0.2, 0) is 36.3 Å². The highest BCUT2D eigenvalue weighted by atomic mass is 32.2. The summed E-state index contributed by atoms with van der Waals surface area (Å²) in [5.74, 6) is -1.19. The highest BCUT2D eigenvalue weighted by molar-refractivity contribution is 7.89. The third-order valence-electron chi connectivity index (χ3n) is 7.84. The maximum atomic E-state index is 15.6. The Balaban J connectivity index is 1.61. The fourth-order valence-corrected chi connectivity index (χ4v) is 7.56. The molecule has 0 saturated carbocycles. The standard InChI is InChI=1S/C29H36FN3O5S/c1-4-24-12-13-26(21-8-6-5-7-9-21)39(36,37)33(24)20-22-10-11-23(18-25(22)30)29(14-16-38-17-15-29)28(35)31-19-27(34)32(2)3/h4-11,18,24,26H,1,12-17,19-20H2,2-3H3,(H,31,35)/t24-,26+/m0/s1. The predicted molar refractivity (Wildman–Crippen MR) is 147 cm³/mol. The van der Waals surface area contributed by atoms with Crippen LogP contribution in [0.25, 0.3) is 0 Å². The molecule has 2 aliphatic rings. The number of carbonyl (C=O) groups excluding carboxylic acids is 2. The number of benzene rings is 2. The van der Waals surface area contributed by atoms with Crippen LogP contribution in [0.2, 0.25) is 0 Å². The van der Waals surface area contributed by atoms with Crippen LogP contribution in [0.15, 0.2) is 61.2 Å². The SMILES string of the molecule is C=C[C@H]1CC[C@H](c2ccccc2)S(=O)(=O)N1Cc1ccc(C2(C(=O)NCC(=O)N(C)C)CCOCC2)cc1F. The molecule has 2 aromatic rings.